The largest absolute Gasteiger partial charge is 0.323 e. The van der Waals surface area contributed by atoms with Gasteiger partial charge in [-0.15, -0.1) is 23.5 Å². The van der Waals surface area contributed by atoms with Crippen LogP contribution in [-0.2, 0) is 4.79 Å². The highest BCUT2D eigenvalue weighted by Gasteiger charge is 2.49. The fraction of sp³-hybridized carbons (Fsp3) is 0.507. The summed E-state index contributed by atoms with van der Waals surface area (Å²) in [4.78, 5) is 29.9. The van der Waals surface area contributed by atoms with Crippen molar-refractivity contribution in [2.75, 3.05) is 11.5 Å². The van der Waals surface area contributed by atoms with E-state index in [1.165, 1.54) is 104 Å². The highest BCUT2D eigenvalue weighted by Crippen LogP contribution is 2.59. The molecule has 4 saturated carbocycles. The summed E-state index contributed by atoms with van der Waals surface area (Å²) in [5, 5.41) is 0. The molecular weight excluding hydrogens is 1330 g/mol. The molecule has 0 N–H and O–H groups in total. The molecule has 0 bridgehead atoms. The van der Waals surface area contributed by atoms with Crippen molar-refractivity contribution in [3.8, 4) is 45.0 Å². The van der Waals surface area contributed by atoms with Crippen LogP contribution in [0, 0.1) is 23.7 Å². The van der Waals surface area contributed by atoms with Crippen molar-refractivity contribution >= 4 is 61.2 Å². The molecule has 17 rings (SSSR count). The predicted octanol–water partition coefficient (Wildman–Crippen LogP) is 21.6. The molecule has 4 unspecified atom stereocenters. The Balaban J connectivity index is 0.000000107. The molecule has 92 heavy (non-hydrogen) atoms. The number of Topliss-reactive ketones (excluding diaryl/α,β-unsaturated/α-hetero) is 1. The third-order valence-corrected chi connectivity index (χ3v) is 26.8. The number of ketones is 1. The van der Waals surface area contributed by atoms with E-state index in [0.29, 0.717) is 63.3 Å². The first kappa shape index (κ1) is 64.1. The number of rotatable bonds is 12. The maximum absolute atomic E-state index is 15.0. The van der Waals surface area contributed by atoms with Gasteiger partial charge in [-0.05, 0) is 136 Å². The summed E-state index contributed by atoms with van der Waals surface area (Å²) < 4.78 is 69.9. The number of imidazole rings is 4. The van der Waals surface area contributed by atoms with E-state index >= 15 is 8.78 Å². The Bertz CT molecular complexity index is 3850. The highest BCUT2D eigenvalue weighted by molar-refractivity contribution is 9.11. The Hall–Kier alpha value is -5.23. The lowest BCUT2D eigenvalue weighted by atomic mass is 9.81. The molecule has 17 heteroatoms. The van der Waals surface area contributed by atoms with Gasteiger partial charge in [0.15, 0.2) is 4.73 Å². The van der Waals surface area contributed by atoms with Gasteiger partial charge >= 0.3 is 0 Å². The molecular formula is C75H84Br2F4N8OS2. The lowest BCUT2D eigenvalue weighted by Gasteiger charge is -2.45. The van der Waals surface area contributed by atoms with Crippen LogP contribution in [0.2, 0.25) is 0 Å². The molecule has 0 amide bonds. The van der Waals surface area contributed by atoms with Crippen LogP contribution in [0.1, 0.15) is 207 Å². The van der Waals surface area contributed by atoms with E-state index in [0.717, 1.165) is 96.6 Å². The minimum Gasteiger partial charge on any atom is -0.323 e. The quantitative estimate of drug-likeness (QED) is 0.113. The molecule has 9 aliphatic rings. The van der Waals surface area contributed by atoms with Crippen LogP contribution in [0.3, 0.4) is 0 Å². The van der Waals surface area contributed by atoms with Crippen molar-refractivity contribution in [2.45, 2.75) is 201 Å². The average Bonchev–Trinajstić information content (AvgIpc) is 1.60. The van der Waals surface area contributed by atoms with Crippen molar-refractivity contribution in [2.24, 2.45) is 23.7 Å². The van der Waals surface area contributed by atoms with Crippen LogP contribution in [0.15, 0.2) is 144 Å². The van der Waals surface area contributed by atoms with Crippen molar-refractivity contribution in [1.82, 2.24) is 38.2 Å². The van der Waals surface area contributed by atoms with Crippen molar-refractivity contribution < 1.29 is 22.4 Å². The first-order chi connectivity index (χ1) is 44.9. The predicted molar refractivity (Wildman–Crippen MR) is 371 cm³/mol. The zero-order chi connectivity index (χ0) is 63.0. The molecule has 4 aliphatic carbocycles. The number of fused-ring (bicyclic) bond motifs is 12. The number of halogens is 6. The molecule has 0 spiro atoms. The molecule has 4 aromatic heterocycles. The summed E-state index contributed by atoms with van der Waals surface area (Å²) in [5.41, 5.74) is 13.7. The van der Waals surface area contributed by atoms with Crippen LogP contribution >= 0.6 is 55.4 Å². The van der Waals surface area contributed by atoms with Crippen LogP contribution in [-0.4, -0.2) is 71.4 Å². The van der Waals surface area contributed by atoms with E-state index in [9.17, 15) is 13.6 Å². The second-order valence-corrected chi connectivity index (χ2v) is 31.9. The van der Waals surface area contributed by atoms with E-state index in [-0.39, 0.29) is 31.0 Å². The lowest BCUT2D eigenvalue weighted by molar-refractivity contribution is -0.124. The Morgan fingerprint density at radius 3 is 1.40 bits per heavy atom. The zero-order valence-corrected chi connectivity index (χ0v) is 57.3. The number of alkyl halides is 4. The van der Waals surface area contributed by atoms with Gasteiger partial charge in [0.05, 0.1) is 88.6 Å². The summed E-state index contributed by atoms with van der Waals surface area (Å²) >= 11 is 11.5. The molecule has 1 saturated heterocycles. The van der Waals surface area contributed by atoms with Crippen LogP contribution in [0.4, 0.5) is 17.6 Å². The summed E-state index contributed by atoms with van der Waals surface area (Å²) in [7, 11) is 0. The minimum absolute atomic E-state index is 0.113. The van der Waals surface area contributed by atoms with Gasteiger partial charge in [-0.2, -0.15) is 0 Å². The Labute approximate surface area is 564 Å². The van der Waals surface area contributed by atoms with Gasteiger partial charge in [0.2, 0.25) is 0 Å². The first-order valence-corrected chi connectivity index (χ1v) is 37.9. The summed E-state index contributed by atoms with van der Waals surface area (Å²) in [6.07, 6.45) is 35.9. The Morgan fingerprint density at radius 2 is 0.891 bits per heavy atom. The van der Waals surface area contributed by atoms with Crippen LogP contribution < -0.4 is 0 Å². The van der Waals surface area contributed by atoms with Gasteiger partial charge < -0.3 is 18.3 Å². The lowest BCUT2D eigenvalue weighted by Crippen LogP contribution is -2.38. The molecule has 9 heterocycles. The fourth-order valence-electron chi connectivity index (χ4n) is 17.3. The molecule has 9 nitrogen and oxygen atoms in total. The standard InChI is InChI=1S/C21H26N2S2.C18H18Br2F2N2.C18H20F2N2.C18H20N2O/c1-2-7-16(8-3-1)21(24-11-6-12-25-21)13-19-17-9-4-5-10-18(17)20-14-22-15-23(19)20;19-16-15-13-9-5-4-8-12(13)14(24(15)17(20)23-16)10-18(21,22)11-6-2-1-3-7-11;19-18(20,13-6-2-1-3-7-13)10-16-14-8-4-5-9-15(14)17-11-21-12-22(16)17;21-18(13-6-2-1-3-7-13)10-16-14-8-4-5-9-15(14)17-11-19-12-20(16)17/h4-5,9-10,14-16,19H,1-3,6-8,11-13H2;4-5,8-9,11,14H,1-3,6-7,10H2;4-5,8-9,11-13,16H,1-3,6-7,10H2;4-5,8-9,11-13,16H,1-3,6-7,10H2. The van der Waals surface area contributed by atoms with E-state index < -0.39 is 23.7 Å². The summed E-state index contributed by atoms with van der Waals surface area (Å²) in [5.74, 6) is -1.91. The minimum atomic E-state index is -2.66. The topological polar surface area (TPSA) is 88.3 Å². The van der Waals surface area contributed by atoms with Crippen LogP contribution in [0.5, 0.6) is 0 Å². The number of hydrogen-bond acceptors (Lipinski definition) is 7. The normalized spacial score (nSPS) is 22.4. The molecule has 5 aliphatic heterocycles. The van der Waals surface area contributed by atoms with Crippen molar-refractivity contribution in [1.29, 1.82) is 0 Å². The van der Waals surface area contributed by atoms with E-state index in [1.54, 1.807) is 12.5 Å². The van der Waals surface area contributed by atoms with Gasteiger partial charge in [0, 0.05) is 59.3 Å². The van der Waals surface area contributed by atoms with Gasteiger partial charge in [-0.1, -0.05) is 174 Å². The van der Waals surface area contributed by atoms with E-state index in [4.69, 9.17) is 0 Å². The molecule has 5 fully saturated rings. The number of hydrogen-bond donors (Lipinski definition) is 0. The molecule has 8 aromatic rings. The number of carbonyl (C=O) groups excluding carboxylic acids is 1. The average molecular weight is 1410 g/mol. The molecule has 4 atom stereocenters. The van der Waals surface area contributed by atoms with Gasteiger partial charge in [-0.25, -0.2) is 37.5 Å². The summed E-state index contributed by atoms with van der Waals surface area (Å²) in [6, 6.07) is 33.0. The number of nitrogens with zero attached hydrogens (tertiary/aromatic N) is 8. The Morgan fingerprint density at radius 1 is 0.489 bits per heavy atom. The number of carbonyl (C=O) groups is 1. The zero-order valence-electron chi connectivity index (χ0n) is 52.5. The third-order valence-electron chi connectivity index (χ3n) is 22.0. The first-order valence-electron chi connectivity index (χ1n) is 34.3. The van der Waals surface area contributed by atoms with Gasteiger partial charge in [0.25, 0.3) is 11.8 Å². The highest BCUT2D eigenvalue weighted by atomic mass is 79.9. The smallest absolute Gasteiger partial charge is 0.253 e. The van der Waals surface area contributed by atoms with Gasteiger partial charge in [-0.3, -0.25) is 4.79 Å². The Kier molecular flexibility index (Phi) is 19.4. The summed E-state index contributed by atoms with van der Waals surface area (Å²) in [6.45, 7) is 0. The number of aromatic nitrogens is 8. The molecule has 4 aromatic carbocycles. The molecule has 484 valence electrons. The van der Waals surface area contributed by atoms with E-state index in [2.05, 4.69) is 139 Å². The maximum Gasteiger partial charge on any atom is 0.253 e. The number of thioether (sulfide) groups is 2. The van der Waals surface area contributed by atoms with E-state index in [1.807, 2.05) is 76.4 Å². The maximum atomic E-state index is 15.0. The van der Waals surface area contributed by atoms with Crippen molar-refractivity contribution in [3.63, 3.8) is 0 Å². The number of benzene rings is 4. The SMILES string of the molecule is FC(F)(CC1c2ccccc2-c2c(Br)nc(Br)n21)C1CCCCC1.FC(F)(CC1c2ccccc2-c2cncn21)C1CCCCC1.O=C(CC1c2ccccc2-c2cncn21)C1CCCCC1.c1ccc2c(c1)-c1cncn1C2CC1(C2CCCCC2)SCCCS1. The fourth-order valence-corrected chi connectivity index (χ4v) is 22.5. The molecule has 0 radical (unpaired) electrons. The third kappa shape index (κ3) is 12.8. The second kappa shape index (κ2) is 27.8. The van der Waals surface area contributed by atoms with Gasteiger partial charge in [0.1, 0.15) is 10.4 Å². The monoisotopic (exact) mass is 1410 g/mol. The second-order valence-electron chi connectivity index (χ2n) is 27.4. The van der Waals surface area contributed by atoms with Crippen molar-refractivity contribution in [3.05, 3.63) is 166 Å². The van der Waals surface area contributed by atoms with Crippen LogP contribution in [0.25, 0.3) is 45.0 Å².